The SMILES string of the molecule is CCC(CC)(c1ccc(CCC(O)C(C)(C)C)c(C(C)C)c1)c1ccc(C(=O)O)s1. The van der Waals surface area contributed by atoms with Gasteiger partial charge in [0.15, 0.2) is 0 Å². The van der Waals surface area contributed by atoms with E-state index in [0.29, 0.717) is 10.8 Å². The first-order valence-electron chi connectivity index (χ1n) is 11.1. The number of rotatable bonds is 9. The highest BCUT2D eigenvalue weighted by molar-refractivity contribution is 7.14. The molecule has 3 nitrogen and oxygen atoms in total. The van der Waals surface area contributed by atoms with Crippen molar-refractivity contribution in [3.8, 4) is 0 Å². The Morgan fingerprint density at radius 3 is 2.17 bits per heavy atom. The molecule has 0 amide bonds. The fourth-order valence-electron chi connectivity index (χ4n) is 4.24. The molecule has 0 bridgehead atoms. The third-order valence-electron chi connectivity index (χ3n) is 6.50. The van der Waals surface area contributed by atoms with Crippen molar-refractivity contribution in [1.82, 2.24) is 0 Å². The molecule has 2 rings (SSSR count). The Bertz CT molecular complexity index is 853. The van der Waals surface area contributed by atoms with Crippen molar-refractivity contribution in [3.05, 3.63) is 56.8 Å². The molecule has 0 saturated heterocycles. The van der Waals surface area contributed by atoms with Crippen molar-refractivity contribution in [2.45, 2.75) is 91.6 Å². The van der Waals surface area contributed by atoms with E-state index in [9.17, 15) is 15.0 Å². The highest BCUT2D eigenvalue weighted by atomic mass is 32.1. The number of benzene rings is 1. The lowest BCUT2D eigenvalue weighted by Gasteiger charge is -2.33. The van der Waals surface area contributed by atoms with Gasteiger partial charge < -0.3 is 10.2 Å². The van der Waals surface area contributed by atoms with Gasteiger partial charge in [-0.1, -0.05) is 66.7 Å². The van der Waals surface area contributed by atoms with E-state index in [2.05, 4.69) is 66.7 Å². The van der Waals surface area contributed by atoms with Gasteiger partial charge in [0.2, 0.25) is 0 Å². The van der Waals surface area contributed by atoms with Crippen LogP contribution in [-0.4, -0.2) is 22.3 Å². The van der Waals surface area contributed by atoms with Gasteiger partial charge in [-0.15, -0.1) is 11.3 Å². The van der Waals surface area contributed by atoms with E-state index >= 15 is 0 Å². The van der Waals surface area contributed by atoms with Crippen LogP contribution in [0.2, 0.25) is 0 Å². The Hall–Kier alpha value is -1.65. The van der Waals surface area contributed by atoms with Crippen LogP contribution in [0.3, 0.4) is 0 Å². The average molecular weight is 431 g/mol. The summed E-state index contributed by atoms with van der Waals surface area (Å²) >= 11 is 1.39. The van der Waals surface area contributed by atoms with E-state index in [1.54, 1.807) is 6.07 Å². The zero-order valence-electron chi connectivity index (χ0n) is 19.6. The number of carboxylic acid groups (broad SMARTS) is 1. The number of carbonyl (C=O) groups is 1. The quantitative estimate of drug-likeness (QED) is 0.449. The smallest absolute Gasteiger partial charge is 0.345 e. The lowest BCUT2D eigenvalue weighted by molar-refractivity contribution is 0.0559. The van der Waals surface area contributed by atoms with E-state index in [-0.39, 0.29) is 16.9 Å². The molecular formula is C26H38O3S. The van der Waals surface area contributed by atoms with Gasteiger partial charge in [0.1, 0.15) is 4.88 Å². The van der Waals surface area contributed by atoms with Crippen LogP contribution in [-0.2, 0) is 11.8 Å². The fraction of sp³-hybridized carbons (Fsp3) is 0.577. The third kappa shape index (κ3) is 5.15. The normalized spacial score (nSPS) is 13.6. The number of aliphatic hydroxyl groups excluding tert-OH is 1. The Kier molecular flexibility index (Phi) is 7.92. The highest BCUT2D eigenvalue weighted by Gasteiger charge is 2.33. The van der Waals surface area contributed by atoms with E-state index in [0.717, 1.165) is 30.6 Å². The van der Waals surface area contributed by atoms with Gasteiger partial charge >= 0.3 is 5.97 Å². The topological polar surface area (TPSA) is 57.5 Å². The molecule has 1 aromatic carbocycles. The van der Waals surface area contributed by atoms with E-state index in [1.165, 1.54) is 28.0 Å². The number of thiophene rings is 1. The summed E-state index contributed by atoms with van der Waals surface area (Å²) in [7, 11) is 0. The van der Waals surface area contributed by atoms with Crippen LogP contribution in [0.1, 0.15) is 105 Å². The summed E-state index contributed by atoms with van der Waals surface area (Å²) in [4.78, 5) is 12.9. The van der Waals surface area contributed by atoms with Crippen molar-refractivity contribution in [2.75, 3.05) is 0 Å². The molecule has 1 heterocycles. The first-order valence-corrected chi connectivity index (χ1v) is 11.9. The molecule has 166 valence electrons. The molecule has 1 unspecified atom stereocenters. The van der Waals surface area contributed by atoms with E-state index in [1.807, 2.05) is 6.07 Å². The molecule has 0 radical (unpaired) electrons. The van der Waals surface area contributed by atoms with Crippen LogP contribution in [0.15, 0.2) is 30.3 Å². The number of hydrogen-bond donors (Lipinski definition) is 2. The predicted molar refractivity (Wildman–Crippen MR) is 127 cm³/mol. The molecule has 0 aliphatic carbocycles. The Morgan fingerprint density at radius 2 is 1.70 bits per heavy atom. The van der Waals surface area contributed by atoms with Gasteiger partial charge in [-0.2, -0.15) is 0 Å². The monoisotopic (exact) mass is 430 g/mol. The summed E-state index contributed by atoms with van der Waals surface area (Å²) in [5, 5.41) is 19.9. The molecule has 30 heavy (non-hydrogen) atoms. The van der Waals surface area contributed by atoms with E-state index < -0.39 is 5.97 Å². The van der Waals surface area contributed by atoms with Crippen LogP contribution in [0.4, 0.5) is 0 Å². The zero-order valence-corrected chi connectivity index (χ0v) is 20.4. The summed E-state index contributed by atoms with van der Waals surface area (Å²) in [5.41, 5.74) is 3.60. The first kappa shape index (κ1) is 24.6. The molecular weight excluding hydrogens is 392 g/mol. The molecule has 1 aromatic heterocycles. The molecule has 2 aromatic rings. The largest absolute Gasteiger partial charge is 0.477 e. The molecule has 1 atom stereocenters. The van der Waals surface area contributed by atoms with Crippen LogP contribution in [0.5, 0.6) is 0 Å². The Labute approximate surface area is 186 Å². The summed E-state index contributed by atoms with van der Waals surface area (Å²) < 4.78 is 0. The maximum absolute atomic E-state index is 11.4. The van der Waals surface area contributed by atoms with Crippen LogP contribution in [0.25, 0.3) is 0 Å². The van der Waals surface area contributed by atoms with Crippen LogP contribution < -0.4 is 0 Å². The minimum Gasteiger partial charge on any atom is -0.477 e. The number of aromatic carboxylic acids is 1. The molecule has 0 saturated carbocycles. The van der Waals surface area contributed by atoms with Crippen molar-refractivity contribution in [1.29, 1.82) is 0 Å². The third-order valence-corrected chi connectivity index (χ3v) is 7.78. The average Bonchev–Trinajstić information content (AvgIpc) is 3.18. The molecule has 0 fully saturated rings. The molecule has 4 heteroatoms. The van der Waals surface area contributed by atoms with E-state index in [4.69, 9.17) is 0 Å². The minimum absolute atomic E-state index is 0.113. The van der Waals surface area contributed by atoms with Gasteiger partial charge in [0.25, 0.3) is 0 Å². The van der Waals surface area contributed by atoms with Crippen molar-refractivity contribution in [3.63, 3.8) is 0 Å². The van der Waals surface area contributed by atoms with Crippen LogP contribution >= 0.6 is 11.3 Å². The molecule has 2 N–H and O–H groups in total. The zero-order chi connectivity index (χ0) is 22.7. The van der Waals surface area contributed by atoms with Gasteiger partial charge in [0.05, 0.1) is 6.10 Å². The second kappa shape index (κ2) is 9.65. The van der Waals surface area contributed by atoms with Crippen molar-refractivity contribution in [2.24, 2.45) is 5.41 Å². The highest BCUT2D eigenvalue weighted by Crippen LogP contribution is 2.43. The lowest BCUT2D eigenvalue weighted by Crippen LogP contribution is -2.27. The van der Waals surface area contributed by atoms with Gasteiger partial charge in [-0.25, -0.2) is 4.79 Å². The van der Waals surface area contributed by atoms with Crippen molar-refractivity contribution < 1.29 is 15.0 Å². The number of carboxylic acids is 1. The number of aryl methyl sites for hydroxylation is 1. The predicted octanol–water partition coefficient (Wildman–Crippen LogP) is 7.02. The maximum atomic E-state index is 11.4. The number of hydrogen-bond acceptors (Lipinski definition) is 3. The molecule has 0 spiro atoms. The standard InChI is InChI=1S/C26H38O3S/c1-8-26(9-2,23-15-13-21(30-23)24(28)29)19-12-10-18(20(16-19)17(3)4)11-14-22(27)25(5,6)7/h10,12-13,15-17,22,27H,8-9,11,14H2,1-7H3,(H,28,29). The van der Waals surface area contributed by atoms with Gasteiger partial charge in [0, 0.05) is 10.3 Å². The minimum atomic E-state index is -0.858. The van der Waals surface area contributed by atoms with Gasteiger partial charge in [-0.05, 0) is 65.8 Å². The number of aliphatic hydroxyl groups is 1. The van der Waals surface area contributed by atoms with Crippen LogP contribution in [0, 0.1) is 5.41 Å². The summed E-state index contributed by atoms with van der Waals surface area (Å²) in [6.45, 7) is 15.0. The van der Waals surface area contributed by atoms with Crippen molar-refractivity contribution >= 4 is 17.3 Å². The fourth-order valence-corrected chi connectivity index (χ4v) is 5.44. The summed E-state index contributed by atoms with van der Waals surface area (Å²) in [5.74, 6) is -0.473. The second-order valence-corrected chi connectivity index (χ2v) is 10.8. The summed E-state index contributed by atoms with van der Waals surface area (Å²) in [6, 6.07) is 10.5. The summed E-state index contributed by atoms with van der Waals surface area (Å²) in [6.07, 6.45) is 3.12. The lowest BCUT2D eigenvalue weighted by atomic mass is 9.73. The molecule has 0 aliphatic heterocycles. The second-order valence-electron chi connectivity index (χ2n) is 9.75. The Balaban J connectivity index is 2.46. The van der Waals surface area contributed by atoms with Gasteiger partial charge in [-0.3, -0.25) is 0 Å². The maximum Gasteiger partial charge on any atom is 0.345 e. The first-order chi connectivity index (χ1) is 14.0. The molecule has 0 aliphatic rings. The Morgan fingerprint density at radius 1 is 1.07 bits per heavy atom.